The first kappa shape index (κ1) is 32.8. The Morgan fingerprint density at radius 2 is 0.895 bits per heavy atom. The van der Waals surface area contributed by atoms with Gasteiger partial charge in [-0.25, -0.2) is 0 Å². The summed E-state index contributed by atoms with van der Waals surface area (Å²) in [4.78, 5) is 2.40. The monoisotopic (exact) mass is 728 g/mol. The lowest BCUT2D eigenvalue weighted by Crippen LogP contribution is -2.11. The van der Waals surface area contributed by atoms with Crippen molar-refractivity contribution in [3.05, 3.63) is 218 Å². The third-order valence-corrected chi connectivity index (χ3v) is 11.2. The summed E-state index contributed by atoms with van der Waals surface area (Å²) < 4.78 is 8.85. The van der Waals surface area contributed by atoms with Crippen molar-refractivity contribution in [2.45, 2.75) is 0 Å². The van der Waals surface area contributed by atoms with E-state index in [1.165, 1.54) is 32.9 Å². The van der Waals surface area contributed by atoms with E-state index in [2.05, 4.69) is 222 Å². The molecular formula is C54H36N2O. The topological polar surface area (TPSA) is 21.3 Å². The molecule has 3 heteroatoms. The van der Waals surface area contributed by atoms with Gasteiger partial charge in [0.05, 0.1) is 22.1 Å². The summed E-state index contributed by atoms with van der Waals surface area (Å²) >= 11 is 0. The van der Waals surface area contributed by atoms with Gasteiger partial charge in [0.2, 0.25) is 0 Å². The summed E-state index contributed by atoms with van der Waals surface area (Å²) in [5, 5.41) is 4.65. The fraction of sp³-hybridized carbons (Fsp3) is 0. The summed E-state index contributed by atoms with van der Waals surface area (Å²) in [7, 11) is 0. The van der Waals surface area contributed by atoms with Gasteiger partial charge in [0, 0.05) is 33.2 Å². The number of hydrogen-bond donors (Lipinski definition) is 0. The van der Waals surface area contributed by atoms with E-state index in [4.69, 9.17) is 4.42 Å². The first-order valence-electron chi connectivity index (χ1n) is 19.4. The van der Waals surface area contributed by atoms with Crippen LogP contribution in [0.1, 0.15) is 0 Å². The van der Waals surface area contributed by atoms with Crippen molar-refractivity contribution in [3.8, 4) is 39.1 Å². The molecule has 2 heterocycles. The molecule has 0 N–H and O–H groups in total. The number of rotatable bonds is 7. The zero-order valence-electron chi connectivity index (χ0n) is 31.1. The molecule has 0 bridgehead atoms. The van der Waals surface area contributed by atoms with Gasteiger partial charge in [-0.15, -0.1) is 0 Å². The quantitative estimate of drug-likeness (QED) is 0.163. The van der Waals surface area contributed by atoms with Gasteiger partial charge in [-0.05, 0) is 106 Å². The lowest BCUT2D eigenvalue weighted by atomic mass is 9.96. The van der Waals surface area contributed by atoms with Crippen LogP contribution in [0.4, 0.5) is 17.1 Å². The van der Waals surface area contributed by atoms with Crippen LogP contribution >= 0.6 is 0 Å². The highest BCUT2D eigenvalue weighted by Crippen LogP contribution is 2.46. The molecular weight excluding hydrogens is 693 g/mol. The van der Waals surface area contributed by atoms with Gasteiger partial charge >= 0.3 is 0 Å². The van der Waals surface area contributed by atoms with Gasteiger partial charge in [-0.1, -0.05) is 146 Å². The molecule has 268 valence electrons. The normalized spacial score (nSPS) is 11.5. The van der Waals surface area contributed by atoms with Crippen LogP contribution in [0.15, 0.2) is 223 Å². The number of nitrogens with zero attached hydrogens (tertiary/aromatic N) is 2. The van der Waals surface area contributed by atoms with Gasteiger partial charge in [0.25, 0.3) is 0 Å². The highest BCUT2D eigenvalue weighted by Gasteiger charge is 2.22. The van der Waals surface area contributed by atoms with Crippen LogP contribution < -0.4 is 4.90 Å². The summed E-state index contributed by atoms with van der Waals surface area (Å²) in [6.45, 7) is 0. The van der Waals surface area contributed by atoms with Crippen LogP contribution in [0, 0.1) is 0 Å². The standard InChI is InChI=1S/C54H36N2O/c1-4-15-37(16-5-1)39-27-30-44(31-28-39)55(50-24-14-26-53-54(50)48-22-11-13-25-52(48)57-53)45-34-41(38-17-6-2-7-18-38)33-42(35-45)40-29-32-47-46-21-10-12-23-49(46)56(51(47)36-40)43-19-8-3-9-20-43/h1-36H. The molecule has 0 spiro atoms. The second-order valence-corrected chi connectivity index (χ2v) is 14.6. The van der Waals surface area contributed by atoms with E-state index in [-0.39, 0.29) is 0 Å². The maximum atomic E-state index is 6.46. The molecule has 57 heavy (non-hydrogen) atoms. The predicted molar refractivity (Wildman–Crippen MR) is 239 cm³/mol. The molecule has 3 nitrogen and oxygen atoms in total. The van der Waals surface area contributed by atoms with E-state index >= 15 is 0 Å². The Bertz CT molecular complexity index is 3220. The smallest absolute Gasteiger partial charge is 0.137 e. The Hall–Kier alpha value is -7.62. The van der Waals surface area contributed by atoms with Gasteiger partial charge in [0.15, 0.2) is 0 Å². The minimum absolute atomic E-state index is 0.859. The molecule has 0 aliphatic carbocycles. The molecule has 0 aliphatic heterocycles. The zero-order valence-corrected chi connectivity index (χ0v) is 31.1. The van der Waals surface area contributed by atoms with Crippen molar-refractivity contribution in [1.82, 2.24) is 4.57 Å². The maximum Gasteiger partial charge on any atom is 0.137 e. The second-order valence-electron chi connectivity index (χ2n) is 14.6. The molecule has 0 radical (unpaired) electrons. The lowest BCUT2D eigenvalue weighted by molar-refractivity contribution is 0.669. The van der Waals surface area contributed by atoms with Gasteiger partial charge in [0.1, 0.15) is 11.2 Å². The van der Waals surface area contributed by atoms with E-state index in [0.717, 1.165) is 66.9 Å². The van der Waals surface area contributed by atoms with Crippen molar-refractivity contribution < 1.29 is 4.42 Å². The molecule has 0 fully saturated rings. The van der Waals surface area contributed by atoms with Crippen LogP contribution in [-0.4, -0.2) is 4.57 Å². The predicted octanol–water partition coefficient (Wildman–Crippen LogP) is 15.2. The fourth-order valence-corrected chi connectivity index (χ4v) is 8.51. The molecule has 0 saturated heterocycles. The van der Waals surface area contributed by atoms with Crippen LogP contribution in [0.25, 0.3) is 82.8 Å². The number of para-hydroxylation sites is 3. The molecule has 9 aromatic carbocycles. The highest BCUT2D eigenvalue weighted by atomic mass is 16.3. The molecule has 11 rings (SSSR count). The molecule has 0 unspecified atom stereocenters. The van der Waals surface area contributed by atoms with E-state index in [1.54, 1.807) is 0 Å². The number of fused-ring (bicyclic) bond motifs is 6. The number of benzene rings is 9. The second kappa shape index (κ2) is 13.6. The summed E-state index contributed by atoms with van der Waals surface area (Å²) in [6.07, 6.45) is 0. The number of anilines is 3. The Morgan fingerprint density at radius 3 is 1.65 bits per heavy atom. The van der Waals surface area contributed by atoms with Crippen LogP contribution in [0.2, 0.25) is 0 Å². The first-order valence-corrected chi connectivity index (χ1v) is 19.4. The van der Waals surface area contributed by atoms with Crippen LogP contribution in [0.3, 0.4) is 0 Å². The van der Waals surface area contributed by atoms with Crippen molar-refractivity contribution in [2.75, 3.05) is 4.90 Å². The van der Waals surface area contributed by atoms with Crippen LogP contribution in [0.5, 0.6) is 0 Å². The summed E-state index contributed by atoms with van der Waals surface area (Å²) in [6, 6.07) is 78.2. The van der Waals surface area contributed by atoms with Crippen molar-refractivity contribution in [2.24, 2.45) is 0 Å². The van der Waals surface area contributed by atoms with Gasteiger partial charge in [-0.3, -0.25) is 0 Å². The van der Waals surface area contributed by atoms with Crippen LogP contribution in [-0.2, 0) is 0 Å². The Morgan fingerprint density at radius 1 is 0.333 bits per heavy atom. The average Bonchev–Trinajstić information content (AvgIpc) is 3.84. The largest absolute Gasteiger partial charge is 0.456 e. The SMILES string of the molecule is c1ccc(-c2ccc(N(c3cc(-c4ccccc4)cc(-c4ccc5c6ccccc6n(-c6ccccc6)c5c4)c3)c3cccc4oc5ccccc5c34)cc2)cc1. The first-order chi connectivity index (χ1) is 28.3. The molecule has 0 amide bonds. The van der Waals surface area contributed by atoms with Gasteiger partial charge in [-0.2, -0.15) is 0 Å². The molecule has 0 atom stereocenters. The Labute approximate surface area is 330 Å². The summed E-state index contributed by atoms with van der Waals surface area (Å²) in [5.74, 6) is 0. The number of aromatic nitrogens is 1. The van der Waals surface area contributed by atoms with Gasteiger partial charge < -0.3 is 13.9 Å². The summed E-state index contributed by atoms with van der Waals surface area (Å²) in [5.41, 5.74) is 15.4. The van der Waals surface area contributed by atoms with Crippen molar-refractivity contribution >= 4 is 60.8 Å². The molecule has 2 aromatic heterocycles. The molecule has 0 aliphatic rings. The minimum atomic E-state index is 0.859. The van der Waals surface area contributed by atoms with Crippen molar-refractivity contribution in [3.63, 3.8) is 0 Å². The number of furan rings is 1. The average molecular weight is 729 g/mol. The molecule has 11 aromatic rings. The third kappa shape index (κ3) is 5.68. The Kier molecular flexibility index (Phi) is 7.82. The third-order valence-electron chi connectivity index (χ3n) is 11.2. The lowest BCUT2D eigenvalue weighted by Gasteiger charge is -2.28. The van der Waals surface area contributed by atoms with E-state index < -0.39 is 0 Å². The van der Waals surface area contributed by atoms with E-state index in [0.29, 0.717) is 0 Å². The van der Waals surface area contributed by atoms with E-state index in [9.17, 15) is 0 Å². The highest BCUT2D eigenvalue weighted by molar-refractivity contribution is 6.14. The van der Waals surface area contributed by atoms with E-state index in [1.807, 2.05) is 6.07 Å². The zero-order chi connectivity index (χ0) is 37.7. The molecule has 0 saturated carbocycles. The van der Waals surface area contributed by atoms with Crippen molar-refractivity contribution in [1.29, 1.82) is 0 Å². The fourth-order valence-electron chi connectivity index (χ4n) is 8.51. The minimum Gasteiger partial charge on any atom is -0.456 e. The number of hydrogen-bond acceptors (Lipinski definition) is 2. The maximum absolute atomic E-state index is 6.46. The Balaban J connectivity index is 1.17.